The predicted molar refractivity (Wildman–Crippen MR) is 88.1 cm³/mol. The van der Waals surface area contributed by atoms with Gasteiger partial charge in [-0.3, -0.25) is 0 Å². The molecule has 0 spiro atoms. The molecule has 1 N–H and O–H groups in total. The van der Waals surface area contributed by atoms with Crippen LogP contribution in [0.15, 0.2) is 28.7 Å². The fourth-order valence-corrected chi connectivity index (χ4v) is 3.47. The van der Waals surface area contributed by atoms with E-state index in [0.717, 1.165) is 23.9 Å². The fourth-order valence-electron chi connectivity index (χ4n) is 3.03. The van der Waals surface area contributed by atoms with Gasteiger partial charge in [0.05, 0.1) is 5.60 Å². The van der Waals surface area contributed by atoms with Crippen LogP contribution in [0.4, 0.5) is 0 Å². The highest BCUT2D eigenvalue weighted by Crippen LogP contribution is 2.39. The lowest BCUT2D eigenvalue weighted by molar-refractivity contribution is -0.0834. The Hall–Kier alpha value is -0.380. The summed E-state index contributed by atoms with van der Waals surface area (Å²) in [5.41, 5.74) is 1.52. The summed E-state index contributed by atoms with van der Waals surface area (Å²) in [6.45, 7) is 3.30. The van der Waals surface area contributed by atoms with E-state index in [1.54, 1.807) is 0 Å². The zero-order valence-corrected chi connectivity index (χ0v) is 14.2. The molecular formula is C17H26BrNO. The van der Waals surface area contributed by atoms with E-state index in [2.05, 4.69) is 52.4 Å². The molecule has 1 aromatic carbocycles. The molecule has 1 atom stereocenters. The average Bonchev–Trinajstić information content (AvgIpc) is 2.40. The number of nitrogens with one attached hydrogen (secondary N) is 1. The van der Waals surface area contributed by atoms with E-state index >= 15 is 0 Å². The molecule has 0 amide bonds. The quantitative estimate of drug-likeness (QED) is 0.761. The standard InChI is InChI=1S/C17H26BrNO/c1-3-10-19-16(13-17(20-2)8-5-9-17)12-14-6-4-7-15(18)11-14/h4,6-7,11,16,19H,3,5,8-10,12-13H2,1-2H3. The number of methoxy groups -OCH3 is 1. The zero-order valence-electron chi connectivity index (χ0n) is 12.6. The van der Waals surface area contributed by atoms with Crippen LogP contribution < -0.4 is 5.32 Å². The maximum absolute atomic E-state index is 5.80. The minimum atomic E-state index is 0.136. The Balaban J connectivity index is 1.99. The fraction of sp³-hybridized carbons (Fsp3) is 0.647. The van der Waals surface area contributed by atoms with Gasteiger partial charge in [0.25, 0.3) is 0 Å². The van der Waals surface area contributed by atoms with E-state index in [1.165, 1.54) is 31.2 Å². The smallest absolute Gasteiger partial charge is 0.0693 e. The molecular weight excluding hydrogens is 314 g/mol. The molecule has 0 heterocycles. The first kappa shape index (κ1) is 16.0. The number of hydrogen-bond acceptors (Lipinski definition) is 2. The molecule has 0 bridgehead atoms. The molecule has 1 saturated carbocycles. The molecule has 20 heavy (non-hydrogen) atoms. The van der Waals surface area contributed by atoms with Gasteiger partial charge < -0.3 is 10.1 Å². The summed E-state index contributed by atoms with van der Waals surface area (Å²) in [5, 5.41) is 3.70. The number of halogens is 1. The summed E-state index contributed by atoms with van der Waals surface area (Å²) in [4.78, 5) is 0. The Kier molecular flexibility index (Phi) is 6.06. The second kappa shape index (κ2) is 7.58. The van der Waals surface area contributed by atoms with Gasteiger partial charge in [-0.1, -0.05) is 35.0 Å². The second-order valence-electron chi connectivity index (χ2n) is 5.93. The van der Waals surface area contributed by atoms with Crippen LogP contribution in [0.3, 0.4) is 0 Å². The summed E-state index contributed by atoms with van der Waals surface area (Å²) in [7, 11) is 1.87. The van der Waals surface area contributed by atoms with Crippen LogP contribution in [0, 0.1) is 0 Å². The van der Waals surface area contributed by atoms with Crippen LogP contribution in [0.25, 0.3) is 0 Å². The molecule has 0 aromatic heterocycles. The van der Waals surface area contributed by atoms with Gasteiger partial charge in [0.2, 0.25) is 0 Å². The van der Waals surface area contributed by atoms with Crippen molar-refractivity contribution in [1.82, 2.24) is 5.32 Å². The number of ether oxygens (including phenoxy) is 1. The normalized spacial score (nSPS) is 18.6. The third-order valence-electron chi connectivity index (χ3n) is 4.37. The predicted octanol–water partition coefficient (Wildman–Crippen LogP) is 4.32. The highest BCUT2D eigenvalue weighted by Gasteiger charge is 2.38. The van der Waals surface area contributed by atoms with Gasteiger partial charge in [-0.2, -0.15) is 0 Å². The first-order valence-corrected chi connectivity index (χ1v) is 8.50. The number of rotatable bonds is 8. The molecule has 0 radical (unpaired) electrons. The molecule has 3 heteroatoms. The zero-order chi connectivity index (χ0) is 14.4. The maximum atomic E-state index is 5.80. The number of benzene rings is 1. The first-order valence-electron chi connectivity index (χ1n) is 7.70. The summed E-state index contributed by atoms with van der Waals surface area (Å²) >= 11 is 3.56. The minimum absolute atomic E-state index is 0.136. The van der Waals surface area contributed by atoms with E-state index < -0.39 is 0 Å². The van der Waals surface area contributed by atoms with Gasteiger partial charge in [-0.25, -0.2) is 0 Å². The van der Waals surface area contributed by atoms with Gasteiger partial charge >= 0.3 is 0 Å². The Labute approximate surface area is 131 Å². The lowest BCUT2D eigenvalue weighted by atomic mass is 9.75. The van der Waals surface area contributed by atoms with Gasteiger partial charge in [0.15, 0.2) is 0 Å². The van der Waals surface area contributed by atoms with Crippen LogP contribution in [0.5, 0.6) is 0 Å². The van der Waals surface area contributed by atoms with Crippen molar-refractivity contribution in [3.8, 4) is 0 Å². The molecule has 1 aromatic rings. The van der Waals surface area contributed by atoms with Crippen molar-refractivity contribution < 1.29 is 4.74 Å². The SMILES string of the molecule is CCCNC(Cc1cccc(Br)c1)CC1(OC)CCC1. The molecule has 2 nitrogen and oxygen atoms in total. The average molecular weight is 340 g/mol. The van der Waals surface area contributed by atoms with Crippen molar-refractivity contribution in [2.24, 2.45) is 0 Å². The maximum Gasteiger partial charge on any atom is 0.0693 e. The van der Waals surface area contributed by atoms with Crippen molar-refractivity contribution in [3.05, 3.63) is 34.3 Å². The highest BCUT2D eigenvalue weighted by molar-refractivity contribution is 9.10. The molecule has 0 aliphatic heterocycles. The van der Waals surface area contributed by atoms with Crippen molar-refractivity contribution in [2.45, 2.75) is 57.1 Å². The van der Waals surface area contributed by atoms with Gasteiger partial charge in [0.1, 0.15) is 0 Å². The second-order valence-corrected chi connectivity index (χ2v) is 6.85. The van der Waals surface area contributed by atoms with Crippen LogP contribution in [0.1, 0.15) is 44.6 Å². The topological polar surface area (TPSA) is 21.3 Å². The van der Waals surface area contributed by atoms with E-state index in [0.29, 0.717) is 6.04 Å². The first-order chi connectivity index (χ1) is 9.67. The number of hydrogen-bond donors (Lipinski definition) is 1. The Morgan fingerprint density at radius 1 is 1.40 bits per heavy atom. The third kappa shape index (κ3) is 4.31. The lowest BCUT2D eigenvalue weighted by Gasteiger charge is -2.43. The largest absolute Gasteiger partial charge is 0.378 e. The molecule has 0 saturated heterocycles. The van der Waals surface area contributed by atoms with Crippen LogP contribution >= 0.6 is 15.9 Å². The van der Waals surface area contributed by atoms with Crippen LogP contribution in [-0.2, 0) is 11.2 Å². The molecule has 1 unspecified atom stereocenters. The summed E-state index contributed by atoms with van der Waals surface area (Å²) in [6, 6.07) is 9.14. The summed E-state index contributed by atoms with van der Waals surface area (Å²) in [6.07, 6.45) is 7.11. The molecule has 1 aliphatic carbocycles. The summed E-state index contributed by atoms with van der Waals surface area (Å²) in [5.74, 6) is 0. The Bertz CT molecular complexity index is 412. The molecule has 1 fully saturated rings. The van der Waals surface area contributed by atoms with Crippen molar-refractivity contribution >= 4 is 15.9 Å². The van der Waals surface area contributed by atoms with E-state index in [1.807, 2.05) is 7.11 Å². The molecule has 112 valence electrons. The van der Waals surface area contributed by atoms with Gasteiger partial charge in [0, 0.05) is 17.6 Å². The van der Waals surface area contributed by atoms with E-state index in [9.17, 15) is 0 Å². The Morgan fingerprint density at radius 3 is 2.75 bits per heavy atom. The van der Waals surface area contributed by atoms with Gasteiger partial charge in [-0.15, -0.1) is 0 Å². The third-order valence-corrected chi connectivity index (χ3v) is 4.86. The van der Waals surface area contributed by atoms with Crippen LogP contribution in [0.2, 0.25) is 0 Å². The molecule has 2 rings (SSSR count). The van der Waals surface area contributed by atoms with Gasteiger partial charge in [-0.05, 0) is 62.8 Å². The van der Waals surface area contributed by atoms with Crippen LogP contribution in [-0.4, -0.2) is 25.3 Å². The Morgan fingerprint density at radius 2 is 2.20 bits per heavy atom. The van der Waals surface area contributed by atoms with Crippen molar-refractivity contribution in [2.75, 3.05) is 13.7 Å². The van der Waals surface area contributed by atoms with E-state index in [4.69, 9.17) is 4.74 Å². The van der Waals surface area contributed by atoms with Crippen molar-refractivity contribution in [1.29, 1.82) is 0 Å². The summed E-state index contributed by atoms with van der Waals surface area (Å²) < 4.78 is 6.96. The monoisotopic (exact) mass is 339 g/mol. The van der Waals surface area contributed by atoms with E-state index in [-0.39, 0.29) is 5.60 Å². The minimum Gasteiger partial charge on any atom is -0.378 e. The highest BCUT2D eigenvalue weighted by atomic mass is 79.9. The lowest BCUT2D eigenvalue weighted by Crippen LogP contribution is -2.46. The molecule has 1 aliphatic rings. The van der Waals surface area contributed by atoms with Crippen molar-refractivity contribution in [3.63, 3.8) is 0 Å².